The van der Waals surface area contributed by atoms with Crippen LogP contribution in [-0.2, 0) is 6.54 Å². The van der Waals surface area contributed by atoms with Crippen LogP contribution in [0.3, 0.4) is 0 Å². The minimum Gasteiger partial charge on any atom is -0.326 e. The summed E-state index contributed by atoms with van der Waals surface area (Å²) in [6, 6.07) is 3.02. The average molecular weight is 480 g/mol. The van der Waals surface area contributed by atoms with Gasteiger partial charge in [0.25, 0.3) is 0 Å². The maximum absolute atomic E-state index is 14.9. The third kappa shape index (κ3) is 4.82. The Morgan fingerprint density at radius 1 is 1.00 bits per heavy atom. The van der Waals surface area contributed by atoms with Crippen LogP contribution < -0.4 is 10.6 Å². The normalized spacial score (nSPS) is 14.7. The molecule has 0 radical (unpaired) electrons. The first-order valence-corrected chi connectivity index (χ1v) is 11.6. The van der Waals surface area contributed by atoms with E-state index in [1.165, 1.54) is 6.07 Å². The Hall–Kier alpha value is -3.57. The van der Waals surface area contributed by atoms with Crippen molar-refractivity contribution in [1.82, 2.24) is 39.7 Å². The molecule has 11 heteroatoms. The summed E-state index contributed by atoms with van der Waals surface area (Å²) >= 11 is 0. The summed E-state index contributed by atoms with van der Waals surface area (Å²) in [5.74, 6) is 0.0782. The molecule has 1 aliphatic rings. The van der Waals surface area contributed by atoms with Crippen molar-refractivity contribution in [3.05, 3.63) is 53.9 Å². The standard InChI is InChI=1S/C24H27F2N9/c1-14(2)35-15(3)31-23-18(25)8-16(9-20(23)35)22-19(26)11-30-24(33-22)32-21-12-28-17(10-29-21)13-34-6-4-27-5-7-34/h8-12,14,27H,4-7,13H2,1-3H3,(H,29,30,32,33). The number of benzene rings is 1. The molecule has 1 aliphatic heterocycles. The van der Waals surface area contributed by atoms with E-state index in [4.69, 9.17) is 0 Å². The number of fused-ring (bicyclic) bond motifs is 1. The Morgan fingerprint density at radius 2 is 1.80 bits per heavy atom. The summed E-state index contributed by atoms with van der Waals surface area (Å²) in [6.45, 7) is 10.4. The van der Waals surface area contributed by atoms with Gasteiger partial charge in [-0.05, 0) is 32.9 Å². The monoisotopic (exact) mass is 479 g/mol. The van der Waals surface area contributed by atoms with Crippen LogP contribution in [0.25, 0.3) is 22.3 Å². The van der Waals surface area contributed by atoms with E-state index in [1.54, 1.807) is 18.5 Å². The van der Waals surface area contributed by atoms with E-state index in [0.29, 0.717) is 22.7 Å². The zero-order chi connectivity index (χ0) is 24.5. The number of rotatable bonds is 6. The maximum Gasteiger partial charge on any atom is 0.229 e. The number of anilines is 2. The molecular weight excluding hydrogens is 452 g/mol. The Balaban J connectivity index is 1.40. The van der Waals surface area contributed by atoms with Crippen molar-refractivity contribution in [2.24, 2.45) is 0 Å². The van der Waals surface area contributed by atoms with Crippen LogP contribution >= 0.6 is 0 Å². The Labute approximate surface area is 201 Å². The lowest BCUT2D eigenvalue weighted by atomic mass is 10.1. The molecule has 4 heterocycles. The summed E-state index contributed by atoms with van der Waals surface area (Å²) in [7, 11) is 0. The summed E-state index contributed by atoms with van der Waals surface area (Å²) in [6.07, 6.45) is 4.36. The number of aryl methyl sites for hydroxylation is 1. The van der Waals surface area contributed by atoms with Gasteiger partial charge < -0.3 is 15.2 Å². The summed E-state index contributed by atoms with van der Waals surface area (Å²) in [5, 5.41) is 6.28. The van der Waals surface area contributed by atoms with Crippen molar-refractivity contribution in [3.63, 3.8) is 0 Å². The molecular formula is C24H27F2N9. The molecule has 0 saturated carbocycles. The molecule has 1 fully saturated rings. The molecule has 182 valence electrons. The molecule has 3 aromatic heterocycles. The highest BCUT2D eigenvalue weighted by atomic mass is 19.1. The van der Waals surface area contributed by atoms with Gasteiger partial charge in [0.15, 0.2) is 17.5 Å². The number of halogens is 2. The summed E-state index contributed by atoms with van der Waals surface area (Å²) in [4.78, 5) is 23.8. The first kappa shape index (κ1) is 23.2. The second-order valence-electron chi connectivity index (χ2n) is 8.88. The topological polar surface area (TPSA) is 96.7 Å². The van der Waals surface area contributed by atoms with E-state index in [0.717, 1.165) is 44.6 Å². The predicted octanol–water partition coefficient (Wildman–Crippen LogP) is 3.60. The van der Waals surface area contributed by atoms with Gasteiger partial charge in [-0.25, -0.2) is 28.7 Å². The zero-order valence-corrected chi connectivity index (χ0v) is 19.9. The summed E-state index contributed by atoms with van der Waals surface area (Å²) in [5.41, 5.74) is 1.99. The van der Waals surface area contributed by atoms with Crippen LogP contribution in [0.2, 0.25) is 0 Å². The van der Waals surface area contributed by atoms with Gasteiger partial charge in [0, 0.05) is 44.3 Å². The van der Waals surface area contributed by atoms with Crippen LogP contribution in [-0.4, -0.2) is 60.6 Å². The molecule has 0 aliphatic carbocycles. The Kier molecular flexibility index (Phi) is 6.35. The van der Waals surface area contributed by atoms with E-state index in [1.807, 2.05) is 25.3 Å². The number of nitrogens with zero attached hydrogens (tertiary/aromatic N) is 7. The van der Waals surface area contributed by atoms with Gasteiger partial charge in [-0.1, -0.05) is 0 Å². The molecule has 0 atom stereocenters. The zero-order valence-electron chi connectivity index (χ0n) is 19.9. The van der Waals surface area contributed by atoms with Crippen molar-refractivity contribution >= 4 is 22.8 Å². The first-order chi connectivity index (χ1) is 16.9. The average Bonchev–Trinajstić information content (AvgIpc) is 3.19. The Morgan fingerprint density at radius 3 is 2.51 bits per heavy atom. The SMILES string of the molecule is Cc1nc2c(F)cc(-c3nc(Nc4cnc(CN5CCNCC5)cn4)ncc3F)cc2n1C(C)C. The van der Waals surface area contributed by atoms with Crippen molar-refractivity contribution in [2.75, 3.05) is 31.5 Å². The number of nitrogens with one attached hydrogen (secondary N) is 2. The van der Waals surface area contributed by atoms with E-state index in [-0.39, 0.29) is 23.2 Å². The number of aromatic nitrogens is 6. The molecule has 0 spiro atoms. The molecule has 9 nitrogen and oxygen atoms in total. The number of imidazole rings is 1. The smallest absolute Gasteiger partial charge is 0.229 e. The maximum atomic E-state index is 14.9. The van der Waals surface area contributed by atoms with Crippen molar-refractivity contribution in [2.45, 2.75) is 33.4 Å². The number of piperazine rings is 1. The minimum atomic E-state index is -0.654. The van der Waals surface area contributed by atoms with E-state index in [9.17, 15) is 8.78 Å². The second-order valence-corrected chi connectivity index (χ2v) is 8.88. The number of hydrogen-bond acceptors (Lipinski definition) is 8. The molecule has 0 unspecified atom stereocenters. The van der Waals surface area contributed by atoms with Crippen LogP contribution in [0, 0.1) is 18.6 Å². The molecule has 35 heavy (non-hydrogen) atoms. The van der Waals surface area contributed by atoms with Crippen molar-refractivity contribution in [1.29, 1.82) is 0 Å². The van der Waals surface area contributed by atoms with Gasteiger partial charge in [-0.2, -0.15) is 0 Å². The number of hydrogen-bond donors (Lipinski definition) is 2. The largest absolute Gasteiger partial charge is 0.326 e. The van der Waals surface area contributed by atoms with E-state index < -0.39 is 11.6 Å². The van der Waals surface area contributed by atoms with Crippen LogP contribution in [0.5, 0.6) is 0 Å². The molecule has 0 amide bonds. The van der Waals surface area contributed by atoms with Gasteiger partial charge in [0.1, 0.15) is 17.0 Å². The fraction of sp³-hybridized carbons (Fsp3) is 0.375. The highest BCUT2D eigenvalue weighted by Crippen LogP contribution is 2.30. The van der Waals surface area contributed by atoms with Gasteiger partial charge in [-0.15, -0.1) is 0 Å². The van der Waals surface area contributed by atoms with Gasteiger partial charge >= 0.3 is 0 Å². The highest BCUT2D eigenvalue weighted by Gasteiger charge is 2.18. The predicted molar refractivity (Wildman–Crippen MR) is 129 cm³/mol. The van der Waals surface area contributed by atoms with Crippen LogP contribution in [0.1, 0.15) is 31.4 Å². The molecule has 1 saturated heterocycles. The third-order valence-electron chi connectivity index (χ3n) is 6.00. The fourth-order valence-electron chi connectivity index (χ4n) is 4.40. The lowest BCUT2D eigenvalue weighted by Crippen LogP contribution is -2.43. The lowest BCUT2D eigenvalue weighted by Gasteiger charge is -2.26. The quantitative estimate of drug-likeness (QED) is 0.433. The lowest BCUT2D eigenvalue weighted by molar-refractivity contribution is 0.230. The minimum absolute atomic E-state index is 0.0132. The van der Waals surface area contributed by atoms with Gasteiger partial charge in [0.05, 0.1) is 29.8 Å². The van der Waals surface area contributed by atoms with E-state index in [2.05, 4.69) is 40.5 Å². The molecule has 4 aromatic rings. The van der Waals surface area contributed by atoms with Crippen LogP contribution in [0.15, 0.2) is 30.7 Å². The molecule has 5 rings (SSSR count). The van der Waals surface area contributed by atoms with Crippen molar-refractivity contribution < 1.29 is 8.78 Å². The molecule has 0 bridgehead atoms. The summed E-state index contributed by atoms with van der Waals surface area (Å²) < 4.78 is 31.5. The van der Waals surface area contributed by atoms with Gasteiger partial charge in [0.2, 0.25) is 5.95 Å². The highest BCUT2D eigenvalue weighted by molar-refractivity contribution is 5.83. The third-order valence-corrected chi connectivity index (χ3v) is 6.00. The molecule has 1 aromatic carbocycles. The van der Waals surface area contributed by atoms with Gasteiger partial charge in [-0.3, -0.25) is 9.88 Å². The van der Waals surface area contributed by atoms with Crippen molar-refractivity contribution in [3.8, 4) is 11.3 Å². The fourth-order valence-corrected chi connectivity index (χ4v) is 4.40. The van der Waals surface area contributed by atoms with E-state index >= 15 is 0 Å². The Bertz CT molecular complexity index is 1350. The first-order valence-electron chi connectivity index (χ1n) is 11.6. The second kappa shape index (κ2) is 9.59. The van der Waals surface area contributed by atoms with Crippen LogP contribution in [0.4, 0.5) is 20.5 Å². The molecule has 2 N–H and O–H groups in total.